The Bertz CT molecular complexity index is 1230. The van der Waals surface area contributed by atoms with Crippen molar-refractivity contribution in [2.75, 3.05) is 26.7 Å². The van der Waals surface area contributed by atoms with E-state index in [9.17, 15) is 9.59 Å². The summed E-state index contributed by atoms with van der Waals surface area (Å²) in [7, 11) is 1.55. The number of benzene rings is 2. The zero-order valence-electron chi connectivity index (χ0n) is 18.7. The Hall–Kier alpha value is -2.80. The van der Waals surface area contributed by atoms with Gasteiger partial charge in [-0.15, -0.1) is 17.9 Å². The Morgan fingerprint density at radius 2 is 2.03 bits per heavy atom. The molecule has 0 spiro atoms. The summed E-state index contributed by atoms with van der Waals surface area (Å²) < 4.78 is 5.24. The molecule has 1 aliphatic heterocycles. The van der Waals surface area contributed by atoms with E-state index in [0.29, 0.717) is 27.9 Å². The molecule has 2 heterocycles. The van der Waals surface area contributed by atoms with Crippen LogP contribution in [0.3, 0.4) is 0 Å². The van der Waals surface area contributed by atoms with E-state index in [-0.39, 0.29) is 30.9 Å². The number of thiophene rings is 1. The van der Waals surface area contributed by atoms with Crippen molar-refractivity contribution in [2.45, 2.75) is 12.5 Å². The minimum absolute atomic E-state index is 0.0801. The average Bonchev–Trinajstić information content (AvgIpc) is 3.32. The van der Waals surface area contributed by atoms with Gasteiger partial charge in [-0.1, -0.05) is 41.4 Å². The Morgan fingerprint density at radius 3 is 2.76 bits per heavy atom. The van der Waals surface area contributed by atoms with Crippen LogP contribution in [0.2, 0.25) is 10.0 Å². The molecule has 8 heteroatoms. The largest absolute Gasteiger partial charge is 0.497 e. The van der Waals surface area contributed by atoms with Crippen LogP contribution in [0.1, 0.15) is 32.4 Å². The van der Waals surface area contributed by atoms with Gasteiger partial charge in [0.25, 0.3) is 5.91 Å². The third kappa shape index (κ3) is 4.99. The van der Waals surface area contributed by atoms with Crippen LogP contribution >= 0.6 is 34.5 Å². The molecule has 34 heavy (non-hydrogen) atoms. The zero-order valence-corrected chi connectivity index (χ0v) is 21.0. The summed E-state index contributed by atoms with van der Waals surface area (Å²) in [6, 6.07) is 13.9. The van der Waals surface area contributed by atoms with Crippen LogP contribution in [0.4, 0.5) is 0 Å². The van der Waals surface area contributed by atoms with Gasteiger partial charge in [-0.25, -0.2) is 0 Å². The molecule has 3 aromatic rings. The van der Waals surface area contributed by atoms with Crippen molar-refractivity contribution < 1.29 is 14.3 Å². The highest BCUT2D eigenvalue weighted by atomic mass is 35.5. The number of carbonyl (C=O) groups excluding carboxylic acids is 2. The third-order valence-corrected chi connectivity index (χ3v) is 7.38. The number of halogens is 2. The number of methoxy groups -OCH3 is 1. The molecule has 0 N–H and O–H groups in total. The van der Waals surface area contributed by atoms with Crippen LogP contribution < -0.4 is 4.74 Å². The van der Waals surface area contributed by atoms with E-state index in [2.05, 4.69) is 6.58 Å². The van der Waals surface area contributed by atoms with Crippen LogP contribution in [0, 0.1) is 0 Å². The van der Waals surface area contributed by atoms with E-state index in [4.69, 9.17) is 27.9 Å². The van der Waals surface area contributed by atoms with Gasteiger partial charge < -0.3 is 14.5 Å². The third-order valence-electron chi connectivity index (χ3n) is 5.82. The standard InChI is InChI=1S/C26H24Cl2N2O3S/c1-3-11-29(26(32)17-5-4-6-19(14-17)33-2)16-24(31)30-12-9-23-21(10-13-34-23)25(30)20-8-7-18(27)15-22(20)28/h3-8,10,13-15,25H,1,9,11-12,16H2,2H3. The van der Waals surface area contributed by atoms with E-state index < -0.39 is 0 Å². The fourth-order valence-corrected chi connectivity index (χ4v) is 5.63. The number of carbonyl (C=O) groups is 2. The number of fused-ring (bicyclic) bond motifs is 1. The van der Waals surface area contributed by atoms with Gasteiger partial charge in [-0.05, 0) is 59.3 Å². The number of hydrogen-bond acceptors (Lipinski definition) is 4. The van der Waals surface area contributed by atoms with E-state index in [1.165, 1.54) is 9.78 Å². The Kier molecular flexibility index (Phi) is 7.61. The molecule has 0 saturated carbocycles. The van der Waals surface area contributed by atoms with Crippen molar-refractivity contribution in [1.82, 2.24) is 9.80 Å². The van der Waals surface area contributed by atoms with Gasteiger partial charge in [-0.2, -0.15) is 0 Å². The smallest absolute Gasteiger partial charge is 0.254 e. The molecule has 176 valence electrons. The SMILES string of the molecule is C=CCN(CC(=O)N1CCc2sccc2C1c1ccc(Cl)cc1Cl)C(=O)c1cccc(OC)c1. The molecule has 5 nitrogen and oxygen atoms in total. The molecule has 2 amide bonds. The van der Waals surface area contributed by atoms with Crippen molar-refractivity contribution in [3.8, 4) is 5.75 Å². The molecular weight excluding hydrogens is 491 g/mol. The number of rotatable bonds is 7. The van der Waals surface area contributed by atoms with Crippen molar-refractivity contribution in [3.63, 3.8) is 0 Å². The fraction of sp³-hybridized carbons (Fsp3) is 0.231. The highest BCUT2D eigenvalue weighted by Gasteiger charge is 2.35. The average molecular weight is 515 g/mol. The summed E-state index contributed by atoms with van der Waals surface area (Å²) in [6.07, 6.45) is 2.37. The highest BCUT2D eigenvalue weighted by Crippen LogP contribution is 2.41. The van der Waals surface area contributed by atoms with Crippen LogP contribution in [-0.4, -0.2) is 48.4 Å². The molecule has 1 atom stereocenters. The Balaban J connectivity index is 1.64. The summed E-state index contributed by atoms with van der Waals surface area (Å²) >= 11 is 14.4. The minimum atomic E-state index is -0.343. The molecule has 4 rings (SSSR count). The lowest BCUT2D eigenvalue weighted by atomic mass is 9.93. The van der Waals surface area contributed by atoms with E-state index in [1.54, 1.807) is 65.8 Å². The monoisotopic (exact) mass is 514 g/mol. The zero-order chi connectivity index (χ0) is 24.2. The summed E-state index contributed by atoms with van der Waals surface area (Å²) in [4.78, 5) is 31.4. The molecular formula is C26H24Cl2N2O3S. The van der Waals surface area contributed by atoms with E-state index in [0.717, 1.165) is 17.5 Å². The fourth-order valence-electron chi connectivity index (χ4n) is 4.21. The van der Waals surface area contributed by atoms with Crippen LogP contribution in [0.5, 0.6) is 5.75 Å². The second kappa shape index (κ2) is 10.6. The quantitative estimate of drug-likeness (QED) is 0.370. The number of ether oxygens (including phenoxy) is 1. The van der Waals surface area contributed by atoms with Crippen LogP contribution in [-0.2, 0) is 11.2 Å². The Morgan fingerprint density at radius 1 is 1.21 bits per heavy atom. The lowest BCUT2D eigenvalue weighted by Crippen LogP contribution is -2.46. The molecule has 0 fully saturated rings. The molecule has 1 unspecified atom stereocenters. The van der Waals surface area contributed by atoms with Gasteiger partial charge in [0, 0.05) is 33.6 Å². The number of nitrogens with zero attached hydrogens (tertiary/aromatic N) is 2. The summed E-state index contributed by atoms with van der Waals surface area (Å²) in [5, 5.41) is 3.07. The van der Waals surface area contributed by atoms with E-state index in [1.807, 2.05) is 17.5 Å². The number of hydrogen-bond donors (Lipinski definition) is 0. The van der Waals surface area contributed by atoms with Gasteiger partial charge in [0.05, 0.1) is 13.2 Å². The maximum Gasteiger partial charge on any atom is 0.254 e. The molecule has 0 aliphatic carbocycles. The van der Waals surface area contributed by atoms with Crippen molar-refractivity contribution in [2.24, 2.45) is 0 Å². The number of amides is 2. The first kappa shape index (κ1) is 24.3. The van der Waals surface area contributed by atoms with Gasteiger partial charge in [0.15, 0.2) is 0 Å². The predicted octanol–water partition coefficient (Wildman–Crippen LogP) is 5.87. The summed E-state index contributed by atoms with van der Waals surface area (Å²) in [6.45, 7) is 4.46. The van der Waals surface area contributed by atoms with Crippen LogP contribution in [0.15, 0.2) is 66.6 Å². The lowest BCUT2D eigenvalue weighted by Gasteiger charge is -2.38. The van der Waals surface area contributed by atoms with Gasteiger partial charge in [-0.3, -0.25) is 9.59 Å². The highest BCUT2D eigenvalue weighted by molar-refractivity contribution is 7.10. The maximum absolute atomic E-state index is 13.6. The first-order chi connectivity index (χ1) is 16.4. The van der Waals surface area contributed by atoms with Gasteiger partial charge >= 0.3 is 0 Å². The van der Waals surface area contributed by atoms with E-state index >= 15 is 0 Å². The molecule has 1 aromatic heterocycles. The van der Waals surface area contributed by atoms with Crippen molar-refractivity contribution in [1.29, 1.82) is 0 Å². The summed E-state index contributed by atoms with van der Waals surface area (Å²) in [5.74, 6) is 0.154. The van der Waals surface area contributed by atoms with Gasteiger partial charge in [0.1, 0.15) is 12.3 Å². The first-order valence-corrected chi connectivity index (χ1v) is 12.4. The second-order valence-corrected chi connectivity index (χ2v) is 9.76. The normalized spacial score (nSPS) is 14.9. The predicted molar refractivity (Wildman–Crippen MR) is 137 cm³/mol. The molecule has 0 saturated heterocycles. The van der Waals surface area contributed by atoms with Crippen molar-refractivity contribution in [3.05, 3.63) is 98.2 Å². The van der Waals surface area contributed by atoms with Crippen molar-refractivity contribution >= 4 is 46.4 Å². The summed E-state index contributed by atoms with van der Waals surface area (Å²) in [5.41, 5.74) is 2.32. The minimum Gasteiger partial charge on any atom is -0.497 e. The van der Waals surface area contributed by atoms with Gasteiger partial charge in [0.2, 0.25) is 5.91 Å². The maximum atomic E-state index is 13.6. The molecule has 0 bridgehead atoms. The topological polar surface area (TPSA) is 49.9 Å². The Labute approximate surface area is 213 Å². The lowest BCUT2D eigenvalue weighted by molar-refractivity contribution is -0.133. The molecule has 2 aromatic carbocycles. The molecule has 0 radical (unpaired) electrons. The van der Waals surface area contributed by atoms with Crippen LogP contribution in [0.25, 0.3) is 0 Å². The molecule has 1 aliphatic rings. The first-order valence-electron chi connectivity index (χ1n) is 10.8. The second-order valence-electron chi connectivity index (χ2n) is 7.91.